The first-order chi connectivity index (χ1) is 15.4. The molecular formula is C23H20F2N4O2S. The van der Waals surface area contributed by atoms with E-state index in [-0.39, 0.29) is 5.75 Å². The Morgan fingerprint density at radius 2 is 1.84 bits per heavy atom. The fourth-order valence-electron chi connectivity index (χ4n) is 3.34. The second-order valence-electron chi connectivity index (χ2n) is 7.19. The molecule has 32 heavy (non-hydrogen) atoms. The Morgan fingerprint density at radius 3 is 2.44 bits per heavy atom. The number of rotatable bonds is 7. The Balaban J connectivity index is 1.75. The number of carbonyl (C=O) groups is 1. The first-order valence-electron chi connectivity index (χ1n) is 9.69. The van der Waals surface area contributed by atoms with Crippen LogP contribution in [0.2, 0.25) is 0 Å². The lowest BCUT2D eigenvalue weighted by atomic mass is 9.96. The Morgan fingerprint density at radius 1 is 1.12 bits per heavy atom. The maximum absolute atomic E-state index is 12.5. The van der Waals surface area contributed by atoms with Crippen LogP contribution >= 0.6 is 11.9 Å². The number of benzene rings is 2. The number of hydrogen-bond donors (Lipinski definition) is 2. The van der Waals surface area contributed by atoms with Crippen LogP contribution in [0.5, 0.6) is 5.75 Å². The summed E-state index contributed by atoms with van der Waals surface area (Å²) in [6, 6.07) is 19.3. The number of alkyl halides is 2. The monoisotopic (exact) mass is 454 g/mol. The van der Waals surface area contributed by atoms with Crippen LogP contribution in [-0.2, 0) is 4.79 Å². The molecule has 0 fully saturated rings. The van der Waals surface area contributed by atoms with E-state index < -0.39 is 12.2 Å². The van der Waals surface area contributed by atoms with Crippen LogP contribution in [0.3, 0.4) is 0 Å². The van der Waals surface area contributed by atoms with Gasteiger partial charge in [0, 0.05) is 5.69 Å². The molecule has 0 radical (unpaired) electrons. The van der Waals surface area contributed by atoms with E-state index in [0.717, 1.165) is 16.8 Å². The van der Waals surface area contributed by atoms with Gasteiger partial charge in [-0.25, -0.2) is 4.98 Å². The summed E-state index contributed by atoms with van der Waals surface area (Å²) in [6.07, 6.45) is 2.48. The highest BCUT2D eigenvalue weighted by atomic mass is 32.2. The van der Waals surface area contributed by atoms with E-state index in [2.05, 4.69) is 15.0 Å². The van der Waals surface area contributed by atoms with Gasteiger partial charge in [0.1, 0.15) is 17.1 Å². The predicted molar refractivity (Wildman–Crippen MR) is 123 cm³/mol. The number of halogens is 2. The number of nitrogens with two attached hydrogens (primary N) is 1. The number of pyridine rings is 1. The van der Waals surface area contributed by atoms with E-state index in [1.54, 1.807) is 37.4 Å². The number of nitrogens with one attached hydrogen (secondary N) is 1. The molecule has 0 aliphatic carbocycles. The van der Waals surface area contributed by atoms with Crippen molar-refractivity contribution < 1.29 is 18.3 Å². The summed E-state index contributed by atoms with van der Waals surface area (Å²) in [5.41, 5.74) is 7.59. The topological polar surface area (TPSA) is 80.5 Å². The van der Waals surface area contributed by atoms with Crippen LogP contribution in [-0.4, -0.2) is 23.4 Å². The molecule has 6 nitrogen and oxygen atoms in total. The smallest absolute Gasteiger partial charge is 0.387 e. The van der Waals surface area contributed by atoms with Crippen molar-refractivity contribution in [2.24, 2.45) is 0 Å². The molecule has 1 aromatic heterocycles. The molecule has 0 amide bonds. The normalized spacial score (nSPS) is 18.2. The van der Waals surface area contributed by atoms with Crippen molar-refractivity contribution in [3.05, 3.63) is 84.2 Å². The van der Waals surface area contributed by atoms with Crippen molar-refractivity contribution >= 4 is 40.3 Å². The minimum atomic E-state index is -2.90. The Hall–Kier alpha value is -3.59. The van der Waals surface area contributed by atoms with E-state index in [1.165, 1.54) is 24.1 Å². The van der Waals surface area contributed by atoms with Gasteiger partial charge in [-0.15, -0.1) is 0 Å². The van der Waals surface area contributed by atoms with Crippen LogP contribution in [0, 0.1) is 0 Å². The predicted octanol–water partition coefficient (Wildman–Crippen LogP) is 5.17. The minimum absolute atomic E-state index is 0.0522. The highest BCUT2D eigenvalue weighted by molar-refractivity contribution is 8.10. The van der Waals surface area contributed by atoms with Crippen molar-refractivity contribution in [2.75, 3.05) is 15.4 Å². The van der Waals surface area contributed by atoms with Gasteiger partial charge in [-0.3, -0.25) is 4.31 Å². The van der Waals surface area contributed by atoms with E-state index in [0.29, 0.717) is 22.9 Å². The SMILES string of the molecule is CC1(C=O)C(Nc2ccc(OC(F)F)cc2)=C(c2ccccc2)SN1c1ccc(N)nc1. The molecule has 1 aliphatic rings. The van der Waals surface area contributed by atoms with Gasteiger partial charge < -0.3 is 20.6 Å². The summed E-state index contributed by atoms with van der Waals surface area (Å²) < 4.78 is 31.2. The highest BCUT2D eigenvalue weighted by Crippen LogP contribution is 2.51. The molecule has 1 atom stereocenters. The van der Waals surface area contributed by atoms with Crippen molar-refractivity contribution in [3.63, 3.8) is 0 Å². The number of nitrogen functional groups attached to an aromatic ring is 1. The summed E-state index contributed by atoms with van der Waals surface area (Å²) in [5, 5.41) is 3.32. The third kappa shape index (κ3) is 4.24. The van der Waals surface area contributed by atoms with Gasteiger partial charge in [0.25, 0.3) is 0 Å². The zero-order chi connectivity index (χ0) is 22.7. The highest BCUT2D eigenvalue weighted by Gasteiger charge is 2.45. The van der Waals surface area contributed by atoms with Gasteiger partial charge in [-0.05, 0) is 60.8 Å². The van der Waals surface area contributed by atoms with Gasteiger partial charge in [0.15, 0.2) is 6.29 Å². The lowest BCUT2D eigenvalue weighted by Gasteiger charge is -2.33. The van der Waals surface area contributed by atoms with Gasteiger partial charge in [0.05, 0.1) is 22.5 Å². The third-order valence-electron chi connectivity index (χ3n) is 4.96. The summed E-state index contributed by atoms with van der Waals surface area (Å²) >= 11 is 1.41. The number of nitrogens with zero attached hydrogens (tertiary/aromatic N) is 2. The molecular weight excluding hydrogens is 434 g/mol. The van der Waals surface area contributed by atoms with Crippen LogP contribution in [0.25, 0.3) is 4.91 Å². The van der Waals surface area contributed by atoms with Gasteiger partial charge in [-0.2, -0.15) is 8.78 Å². The number of hydrogen-bond acceptors (Lipinski definition) is 7. The van der Waals surface area contributed by atoms with E-state index in [9.17, 15) is 13.6 Å². The standard InChI is InChI=1S/C23H20F2N4O2S/c1-23(14-30)21(28-16-7-10-18(11-8-16)31-22(24)25)20(15-5-3-2-4-6-15)32-29(23)17-9-12-19(26)27-13-17/h2-14,22,28H,1H3,(H2,26,27). The van der Waals surface area contributed by atoms with Crippen molar-refractivity contribution in [1.82, 2.24) is 4.98 Å². The second kappa shape index (κ2) is 8.88. The first kappa shape index (κ1) is 21.6. The zero-order valence-corrected chi connectivity index (χ0v) is 17.9. The average molecular weight is 455 g/mol. The Labute approximate surface area is 188 Å². The first-order valence-corrected chi connectivity index (χ1v) is 10.5. The van der Waals surface area contributed by atoms with Crippen LogP contribution < -0.4 is 20.1 Å². The van der Waals surface area contributed by atoms with Crippen molar-refractivity contribution in [3.8, 4) is 5.75 Å². The average Bonchev–Trinajstić information content (AvgIpc) is 3.09. The Kier molecular flexibility index (Phi) is 6.00. The molecule has 9 heteroatoms. The quantitative estimate of drug-likeness (QED) is 0.376. The largest absolute Gasteiger partial charge is 0.435 e. The maximum atomic E-state index is 12.5. The molecule has 3 N–H and O–H groups in total. The van der Waals surface area contributed by atoms with Gasteiger partial charge >= 0.3 is 6.61 Å². The summed E-state index contributed by atoms with van der Waals surface area (Å²) in [6.45, 7) is -1.09. The molecule has 2 aromatic carbocycles. The van der Waals surface area contributed by atoms with Crippen molar-refractivity contribution in [2.45, 2.75) is 19.1 Å². The Bertz CT molecular complexity index is 1120. The third-order valence-corrected chi connectivity index (χ3v) is 6.35. The molecule has 3 aromatic rings. The summed E-state index contributed by atoms with van der Waals surface area (Å²) in [5.74, 6) is 0.433. The minimum Gasteiger partial charge on any atom is -0.435 e. The molecule has 0 bridgehead atoms. The van der Waals surface area contributed by atoms with Gasteiger partial charge in [-0.1, -0.05) is 30.3 Å². The second-order valence-corrected chi connectivity index (χ2v) is 8.15. The number of carbonyl (C=O) groups excluding carboxylic acids is 1. The number of ether oxygens (including phenoxy) is 1. The van der Waals surface area contributed by atoms with Crippen LogP contribution in [0.4, 0.5) is 26.0 Å². The lowest BCUT2D eigenvalue weighted by molar-refractivity contribution is -0.110. The number of aldehydes is 1. The molecule has 0 spiro atoms. The molecule has 1 unspecified atom stereocenters. The molecule has 1 aliphatic heterocycles. The fraction of sp³-hybridized carbons (Fsp3) is 0.130. The summed E-state index contributed by atoms with van der Waals surface area (Å²) in [7, 11) is 0. The molecule has 164 valence electrons. The summed E-state index contributed by atoms with van der Waals surface area (Å²) in [4.78, 5) is 17.5. The van der Waals surface area contributed by atoms with Crippen LogP contribution in [0.15, 0.2) is 78.6 Å². The lowest BCUT2D eigenvalue weighted by Crippen LogP contribution is -2.44. The molecule has 0 saturated heterocycles. The van der Waals surface area contributed by atoms with Crippen molar-refractivity contribution in [1.29, 1.82) is 0 Å². The number of aromatic nitrogens is 1. The van der Waals surface area contributed by atoms with E-state index in [4.69, 9.17) is 5.73 Å². The van der Waals surface area contributed by atoms with Crippen LogP contribution in [0.1, 0.15) is 12.5 Å². The number of anilines is 3. The zero-order valence-electron chi connectivity index (χ0n) is 17.0. The van der Waals surface area contributed by atoms with E-state index >= 15 is 0 Å². The molecule has 4 rings (SSSR count). The maximum Gasteiger partial charge on any atom is 0.387 e. The molecule has 2 heterocycles. The van der Waals surface area contributed by atoms with E-state index in [1.807, 2.05) is 34.6 Å². The fourth-order valence-corrected chi connectivity index (χ4v) is 4.65. The van der Waals surface area contributed by atoms with Gasteiger partial charge in [0.2, 0.25) is 0 Å². The molecule has 0 saturated carbocycles.